The molecule has 1 unspecified atom stereocenters. The predicted molar refractivity (Wildman–Crippen MR) is 165 cm³/mol. The minimum absolute atomic E-state index is 0.126. The minimum Gasteiger partial charge on any atom is -0.444 e. The molecule has 0 radical (unpaired) electrons. The Bertz CT molecular complexity index is 1080. The van der Waals surface area contributed by atoms with Crippen molar-refractivity contribution in [3.05, 3.63) is 25.3 Å². The average Bonchev–Trinajstić information content (AvgIpc) is 3.26. The molecule has 3 N–H and O–H groups in total. The van der Waals surface area contributed by atoms with Gasteiger partial charge in [-0.1, -0.05) is 31.4 Å². The van der Waals surface area contributed by atoms with E-state index >= 15 is 0 Å². The molecule has 0 aromatic heterocycles. The Hall–Kier alpha value is -2.59. The summed E-state index contributed by atoms with van der Waals surface area (Å²) in [6.07, 6.45) is 8.80. The van der Waals surface area contributed by atoms with Crippen LogP contribution in [0, 0.1) is 17.8 Å². The normalized spacial score (nSPS) is 24.1. The number of nitrogens with zero attached hydrogens (tertiary/aromatic N) is 1. The van der Waals surface area contributed by atoms with E-state index in [1.54, 1.807) is 32.9 Å². The highest BCUT2D eigenvalue weighted by molar-refractivity contribution is 6.51. The smallest absolute Gasteiger partial charge is 0.408 e. The summed E-state index contributed by atoms with van der Waals surface area (Å²) >= 11 is 13.1. The van der Waals surface area contributed by atoms with Crippen LogP contribution in [0.5, 0.6) is 0 Å². The fourth-order valence-corrected chi connectivity index (χ4v) is 6.95. The summed E-state index contributed by atoms with van der Waals surface area (Å²) in [5.74, 6) is -3.64. The first kappa shape index (κ1) is 34.9. The predicted octanol–water partition coefficient (Wildman–Crippen LogP) is 4.19. The van der Waals surface area contributed by atoms with Crippen LogP contribution >= 0.6 is 23.2 Å². The van der Waals surface area contributed by atoms with E-state index in [1.807, 2.05) is 0 Å². The number of alkyl carbamates (subject to hydrolysis) is 1. The summed E-state index contributed by atoms with van der Waals surface area (Å²) in [4.78, 5) is 68.0. The van der Waals surface area contributed by atoms with E-state index in [0.717, 1.165) is 32.1 Å². The van der Waals surface area contributed by atoms with Crippen LogP contribution in [0.4, 0.5) is 4.79 Å². The van der Waals surface area contributed by atoms with Crippen LogP contribution in [-0.2, 0) is 23.9 Å². The van der Waals surface area contributed by atoms with Gasteiger partial charge in [0, 0.05) is 24.9 Å². The lowest BCUT2D eigenvalue weighted by Crippen LogP contribution is -2.60. The molecule has 5 atom stereocenters. The van der Waals surface area contributed by atoms with Gasteiger partial charge in [-0.25, -0.2) is 4.79 Å². The number of hydrogen-bond acceptors (Lipinski definition) is 6. The zero-order valence-corrected chi connectivity index (χ0v) is 27.0. The molecule has 1 aliphatic heterocycles. The lowest BCUT2D eigenvalue weighted by molar-refractivity contribution is -0.144. The number of rotatable bonds is 14. The van der Waals surface area contributed by atoms with Gasteiger partial charge in [-0.3, -0.25) is 19.2 Å². The Balaban J connectivity index is 1.84. The number of alkyl halides is 2. The van der Waals surface area contributed by atoms with Crippen molar-refractivity contribution in [1.29, 1.82) is 0 Å². The SMILES string of the molecule is C=CCCCC(NC(=O)[C@@H]1[C@@H]2[C@H](CN1C(=O)[C@@H](NC(=O)OC(C)(C)C)C1CCCCC1)C2(Cl)Cl)C(=O)C(=O)NCCC=C. The molecule has 10 nitrogen and oxygen atoms in total. The summed E-state index contributed by atoms with van der Waals surface area (Å²) < 4.78 is 4.26. The first-order chi connectivity index (χ1) is 20.2. The van der Waals surface area contributed by atoms with Gasteiger partial charge in [0.1, 0.15) is 22.0 Å². The Labute approximate surface area is 264 Å². The van der Waals surface area contributed by atoms with Gasteiger partial charge in [0.2, 0.25) is 17.6 Å². The molecule has 43 heavy (non-hydrogen) atoms. The molecule has 3 rings (SSSR count). The number of likely N-dealkylation sites (tertiary alicyclic amines) is 1. The van der Waals surface area contributed by atoms with Crippen molar-refractivity contribution < 1.29 is 28.7 Å². The number of carbonyl (C=O) groups excluding carboxylic acids is 5. The highest BCUT2D eigenvalue weighted by Crippen LogP contribution is 2.65. The van der Waals surface area contributed by atoms with Crippen LogP contribution in [0.15, 0.2) is 25.3 Å². The lowest BCUT2D eigenvalue weighted by Gasteiger charge is -2.37. The number of piperidine rings is 1. The minimum atomic E-state index is -1.21. The molecule has 240 valence electrons. The number of amides is 4. The zero-order chi connectivity index (χ0) is 31.9. The maximum absolute atomic E-state index is 14.2. The van der Waals surface area contributed by atoms with E-state index in [9.17, 15) is 24.0 Å². The monoisotopic (exact) mass is 640 g/mol. The van der Waals surface area contributed by atoms with Gasteiger partial charge in [0.05, 0.1) is 6.04 Å². The molecule has 12 heteroatoms. The summed E-state index contributed by atoms with van der Waals surface area (Å²) in [5.41, 5.74) is -0.760. The summed E-state index contributed by atoms with van der Waals surface area (Å²) in [7, 11) is 0. The third-order valence-corrected chi connectivity index (χ3v) is 9.40. The molecule has 0 aromatic carbocycles. The van der Waals surface area contributed by atoms with Crippen LogP contribution in [-0.4, -0.2) is 75.6 Å². The maximum Gasteiger partial charge on any atom is 0.408 e. The number of hydrogen-bond donors (Lipinski definition) is 3. The molecule has 2 aliphatic carbocycles. The number of Topliss-reactive ketones (excluding diaryl/α,β-unsaturated/α-hetero) is 1. The van der Waals surface area contributed by atoms with Crippen LogP contribution in [0.3, 0.4) is 0 Å². The average molecular weight is 642 g/mol. The third-order valence-electron chi connectivity index (χ3n) is 8.34. The second-order valence-electron chi connectivity index (χ2n) is 12.7. The Kier molecular flexibility index (Phi) is 12.1. The number of unbranched alkanes of at least 4 members (excludes halogenated alkanes) is 1. The topological polar surface area (TPSA) is 134 Å². The number of ether oxygens (including phenoxy) is 1. The van der Waals surface area contributed by atoms with Gasteiger partial charge >= 0.3 is 6.09 Å². The zero-order valence-electron chi connectivity index (χ0n) is 25.5. The molecule has 4 amide bonds. The highest BCUT2D eigenvalue weighted by atomic mass is 35.5. The largest absolute Gasteiger partial charge is 0.444 e. The maximum atomic E-state index is 14.2. The van der Waals surface area contributed by atoms with Crippen LogP contribution in [0.1, 0.15) is 78.6 Å². The standard InChI is InChI=1S/C31H46Cl2N4O6/c1-6-8-11-16-21(25(38)27(40)34-17-9-7-2)35-26(39)24-22-20(31(22,32)33)18-37(24)28(41)23(19-14-12-10-13-15-19)36-29(42)43-30(3,4)5/h6-7,19-24H,1-2,8-18H2,3-5H3,(H,34,40)(H,35,39)(H,36,42)/t20-,21?,22-,23-,24-/m0/s1. The fourth-order valence-electron chi connectivity index (χ4n) is 6.12. The van der Waals surface area contributed by atoms with Crippen molar-refractivity contribution in [3.8, 4) is 0 Å². The number of carbonyl (C=O) groups is 5. The van der Waals surface area contributed by atoms with Crippen molar-refractivity contribution >= 4 is 52.8 Å². The van der Waals surface area contributed by atoms with E-state index in [4.69, 9.17) is 27.9 Å². The van der Waals surface area contributed by atoms with Gasteiger partial charge in [-0.15, -0.1) is 36.4 Å². The van der Waals surface area contributed by atoms with Crippen molar-refractivity contribution in [1.82, 2.24) is 20.9 Å². The van der Waals surface area contributed by atoms with Crippen LogP contribution in [0.2, 0.25) is 0 Å². The highest BCUT2D eigenvalue weighted by Gasteiger charge is 2.74. The molecule has 0 bridgehead atoms. The van der Waals surface area contributed by atoms with Crippen molar-refractivity contribution in [2.24, 2.45) is 17.8 Å². The molecule has 1 heterocycles. The molecule has 2 saturated carbocycles. The van der Waals surface area contributed by atoms with E-state index < -0.39 is 63.6 Å². The quantitative estimate of drug-likeness (QED) is 0.113. The van der Waals surface area contributed by atoms with Crippen LogP contribution in [0.25, 0.3) is 0 Å². The molecule has 3 aliphatic rings. The third kappa shape index (κ3) is 8.97. The van der Waals surface area contributed by atoms with Gasteiger partial charge in [0.15, 0.2) is 0 Å². The first-order valence-electron chi connectivity index (χ1n) is 15.2. The second-order valence-corrected chi connectivity index (χ2v) is 14.2. The van der Waals surface area contributed by atoms with Gasteiger partial charge in [0.25, 0.3) is 5.91 Å². The summed E-state index contributed by atoms with van der Waals surface area (Å²) in [6.45, 7) is 12.9. The van der Waals surface area contributed by atoms with Gasteiger partial charge < -0.3 is 25.6 Å². The molecule has 0 aromatic rings. The van der Waals surface area contributed by atoms with Crippen LogP contribution < -0.4 is 16.0 Å². The molecular formula is C31H46Cl2N4O6. The molecular weight excluding hydrogens is 595 g/mol. The molecule has 1 saturated heterocycles. The van der Waals surface area contributed by atoms with E-state index in [-0.39, 0.29) is 31.3 Å². The van der Waals surface area contributed by atoms with E-state index in [0.29, 0.717) is 19.3 Å². The molecule has 3 fully saturated rings. The fraction of sp³-hybridized carbons (Fsp3) is 0.710. The summed E-state index contributed by atoms with van der Waals surface area (Å²) in [5, 5.41) is 8.07. The molecule has 0 spiro atoms. The number of nitrogens with one attached hydrogen (secondary N) is 3. The van der Waals surface area contributed by atoms with E-state index in [2.05, 4.69) is 29.1 Å². The Morgan fingerprint density at radius 2 is 1.67 bits per heavy atom. The Morgan fingerprint density at radius 3 is 2.28 bits per heavy atom. The van der Waals surface area contributed by atoms with Crippen molar-refractivity contribution in [2.75, 3.05) is 13.1 Å². The first-order valence-corrected chi connectivity index (χ1v) is 16.0. The number of allylic oxidation sites excluding steroid dienone is 1. The van der Waals surface area contributed by atoms with Gasteiger partial charge in [-0.2, -0.15) is 0 Å². The number of fused-ring (bicyclic) bond motifs is 1. The number of halogens is 2. The lowest BCUT2D eigenvalue weighted by atomic mass is 9.83. The van der Waals surface area contributed by atoms with Crippen molar-refractivity contribution in [3.63, 3.8) is 0 Å². The summed E-state index contributed by atoms with van der Waals surface area (Å²) in [6, 6.07) is -3.08. The Morgan fingerprint density at radius 1 is 1.02 bits per heavy atom. The van der Waals surface area contributed by atoms with Gasteiger partial charge in [-0.05, 0) is 65.2 Å². The number of ketones is 1. The second kappa shape index (κ2) is 14.9. The van der Waals surface area contributed by atoms with E-state index in [1.165, 1.54) is 4.90 Å². The van der Waals surface area contributed by atoms with Crippen molar-refractivity contribution in [2.45, 2.75) is 107 Å².